The van der Waals surface area contributed by atoms with Crippen molar-refractivity contribution < 1.29 is 21.6 Å². The van der Waals surface area contributed by atoms with Crippen molar-refractivity contribution in [1.82, 2.24) is 14.5 Å². The summed E-state index contributed by atoms with van der Waals surface area (Å²) in [5, 5.41) is 3.71. The van der Waals surface area contributed by atoms with Crippen LogP contribution < -0.4 is 4.72 Å². The van der Waals surface area contributed by atoms with Gasteiger partial charge in [-0.15, -0.1) is 6.58 Å². The van der Waals surface area contributed by atoms with Crippen molar-refractivity contribution in [3.63, 3.8) is 0 Å². The minimum absolute atomic E-state index is 0.0109. The summed E-state index contributed by atoms with van der Waals surface area (Å²) in [5.41, 5.74) is 1.05. The summed E-state index contributed by atoms with van der Waals surface area (Å²) in [4.78, 5) is -0.0109. The Bertz CT molecular complexity index is 1120. The Morgan fingerprint density at radius 3 is 2.28 bits per heavy atom. The van der Waals surface area contributed by atoms with Gasteiger partial charge in [0.25, 0.3) is 0 Å². The number of hydrogen-bond acceptors (Lipinski definition) is 3. The number of sulfonamides is 1. The zero-order valence-corrected chi connectivity index (χ0v) is 16.3. The van der Waals surface area contributed by atoms with E-state index in [1.165, 1.54) is 30.3 Å². The smallest absolute Gasteiger partial charge is 0.233 e. The molecule has 0 atom stereocenters. The highest BCUT2D eigenvalue weighted by Gasteiger charge is 2.35. The Morgan fingerprint density at radius 1 is 1.10 bits per heavy atom. The maximum Gasteiger partial charge on any atom is 0.435 e. The van der Waals surface area contributed by atoms with E-state index in [-0.39, 0.29) is 17.1 Å². The minimum Gasteiger partial charge on any atom is -0.233 e. The lowest BCUT2D eigenvalue weighted by molar-refractivity contribution is -0.141. The normalized spacial score (nSPS) is 12.1. The van der Waals surface area contributed by atoms with E-state index in [9.17, 15) is 21.6 Å². The lowest BCUT2D eigenvalue weighted by Gasteiger charge is -2.10. The molecule has 152 valence electrons. The second-order valence-electron chi connectivity index (χ2n) is 6.32. The van der Waals surface area contributed by atoms with E-state index in [0.29, 0.717) is 11.3 Å². The molecule has 1 aromatic heterocycles. The summed E-state index contributed by atoms with van der Waals surface area (Å²) in [6.45, 7) is 5.39. The van der Waals surface area contributed by atoms with E-state index in [2.05, 4.69) is 16.4 Å². The van der Waals surface area contributed by atoms with Crippen LogP contribution in [0.25, 0.3) is 16.9 Å². The first-order chi connectivity index (χ1) is 13.6. The number of rotatable bonds is 6. The number of aromatic nitrogens is 2. The molecule has 0 spiro atoms. The summed E-state index contributed by atoms with van der Waals surface area (Å²) in [6.07, 6.45) is -3.20. The molecule has 0 fully saturated rings. The maximum absolute atomic E-state index is 13.2. The Morgan fingerprint density at radius 2 is 1.72 bits per heavy atom. The van der Waals surface area contributed by atoms with Crippen LogP contribution in [0.5, 0.6) is 0 Å². The molecule has 0 aliphatic carbocycles. The number of nitrogens with zero attached hydrogens (tertiary/aromatic N) is 2. The van der Waals surface area contributed by atoms with Crippen LogP contribution in [0, 0.1) is 6.92 Å². The third kappa shape index (κ3) is 4.57. The molecular formula is C20H18F3N3O2S. The van der Waals surface area contributed by atoms with Gasteiger partial charge < -0.3 is 0 Å². The fraction of sp³-hybridized carbons (Fsp3) is 0.150. The molecule has 3 aromatic rings. The first-order valence-electron chi connectivity index (χ1n) is 8.57. The molecule has 9 heteroatoms. The molecule has 0 amide bonds. The average Bonchev–Trinajstić information content (AvgIpc) is 3.13. The van der Waals surface area contributed by atoms with Crippen molar-refractivity contribution >= 4 is 10.0 Å². The van der Waals surface area contributed by atoms with Crippen molar-refractivity contribution in [2.75, 3.05) is 6.54 Å². The highest BCUT2D eigenvalue weighted by molar-refractivity contribution is 7.89. The SMILES string of the molecule is C=CCNS(=O)(=O)c1ccc(-n2nc(C(F)(F)F)cc2-c2ccc(C)cc2)cc1. The van der Waals surface area contributed by atoms with Gasteiger partial charge in [-0.2, -0.15) is 18.3 Å². The van der Waals surface area contributed by atoms with Crippen molar-refractivity contribution in [2.45, 2.75) is 18.0 Å². The molecule has 0 aliphatic rings. The van der Waals surface area contributed by atoms with E-state index >= 15 is 0 Å². The second-order valence-corrected chi connectivity index (χ2v) is 8.09. The van der Waals surface area contributed by atoms with Gasteiger partial charge >= 0.3 is 6.18 Å². The number of aryl methyl sites for hydroxylation is 1. The predicted octanol–water partition coefficient (Wildman–Crippen LogP) is 4.33. The molecule has 0 saturated heterocycles. The third-order valence-corrected chi connectivity index (χ3v) is 5.60. The highest BCUT2D eigenvalue weighted by Crippen LogP contribution is 2.33. The van der Waals surface area contributed by atoms with Crippen LogP contribution in [0.2, 0.25) is 0 Å². The number of nitrogens with one attached hydrogen (secondary N) is 1. The summed E-state index contributed by atoms with van der Waals surface area (Å²) < 4.78 is 67.5. The van der Waals surface area contributed by atoms with E-state index in [1.54, 1.807) is 24.3 Å². The maximum atomic E-state index is 13.2. The molecule has 0 radical (unpaired) electrons. The summed E-state index contributed by atoms with van der Waals surface area (Å²) in [6, 6.07) is 13.4. The predicted molar refractivity (Wildman–Crippen MR) is 104 cm³/mol. The Labute approximate surface area is 166 Å². The molecule has 3 rings (SSSR count). The van der Waals surface area contributed by atoms with Crippen LogP contribution in [0.15, 0.2) is 72.1 Å². The van der Waals surface area contributed by atoms with E-state index in [0.717, 1.165) is 16.3 Å². The van der Waals surface area contributed by atoms with Crippen molar-refractivity contribution in [2.24, 2.45) is 0 Å². The fourth-order valence-corrected chi connectivity index (χ4v) is 3.66. The number of hydrogen-bond donors (Lipinski definition) is 1. The standard InChI is InChI=1S/C20H18F3N3O2S/c1-3-12-24-29(27,28)17-10-8-16(9-11-17)26-18(13-19(25-26)20(21,22)23)15-6-4-14(2)5-7-15/h3-11,13,24H,1,12H2,2H3. The summed E-state index contributed by atoms with van der Waals surface area (Å²) in [7, 11) is -3.74. The zero-order valence-electron chi connectivity index (χ0n) is 15.4. The average molecular weight is 421 g/mol. The number of halogens is 3. The van der Waals surface area contributed by atoms with Gasteiger partial charge in [-0.05, 0) is 37.3 Å². The topological polar surface area (TPSA) is 64.0 Å². The van der Waals surface area contributed by atoms with Crippen LogP contribution in [0.4, 0.5) is 13.2 Å². The van der Waals surface area contributed by atoms with Crippen molar-refractivity contribution in [1.29, 1.82) is 0 Å². The Balaban J connectivity index is 2.07. The molecule has 29 heavy (non-hydrogen) atoms. The van der Waals surface area contributed by atoms with Gasteiger partial charge in [0.1, 0.15) is 0 Å². The van der Waals surface area contributed by atoms with Gasteiger partial charge in [0.2, 0.25) is 10.0 Å². The quantitative estimate of drug-likeness (QED) is 0.603. The van der Waals surface area contributed by atoms with Gasteiger partial charge in [0.15, 0.2) is 5.69 Å². The van der Waals surface area contributed by atoms with Gasteiger partial charge in [-0.3, -0.25) is 0 Å². The second kappa shape index (κ2) is 7.84. The number of alkyl halides is 3. The minimum atomic E-state index is -4.61. The molecule has 5 nitrogen and oxygen atoms in total. The van der Waals surface area contributed by atoms with Gasteiger partial charge in [-0.25, -0.2) is 17.8 Å². The Hall–Kier alpha value is -2.91. The largest absolute Gasteiger partial charge is 0.435 e. The van der Waals surface area contributed by atoms with Gasteiger partial charge in [-0.1, -0.05) is 35.9 Å². The van der Waals surface area contributed by atoms with Crippen LogP contribution in [0.1, 0.15) is 11.3 Å². The molecule has 1 heterocycles. The van der Waals surface area contributed by atoms with Crippen LogP contribution >= 0.6 is 0 Å². The molecule has 2 aromatic carbocycles. The van der Waals surface area contributed by atoms with Crippen LogP contribution in [-0.4, -0.2) is 24.7 Å². The third-order valence-electron chi connectivity index (χ3n) is 4.16. The van der Waals surface area contributed by atoms with E-state index in [4.69, 9.17) is 0 Å². The fourth-order valence-electron chi connectivity index (χ4n) is 2.66. The van der Waals surface area contributed by atoms with Crippen molar-refractivity contribution in [3.8, 4) is 16.9 Å². The molecule has 0 aliphatic heterocycles. The number of benzene rings is 2. The molecule has 1 N–H and O–H groups in total. The molecule has 0 unspecified atom stereocenters. The van der Waals surface area contributed by atoms with Crippen molar-refractivity contribution in [3.05, 3.63) is 78.5 Å². The summed E-state index contributed by atoms with van der Waals surface area (Å²) in [5.74, 6) is 0. The lowest BCUT2D eigenvalue weighted by Crippen LogP contribution is -2.23. The monoisotopic (exact) mass is 421 g/mol. The van der Waals surface area contributed by atoms with E-state index in [1.807, 2.05) is 6.92 Å². The molecule has 0 bridgehead atoms. The van der Waals surface area contributed by atoms with Gasteiger partial charge in [0.05, 0.1) is 16.3 Å². The molecule has 0 saturated carbocycles. The van der Waals surface area contributed by atoms with Crippen LogP contribution in [-0.2, 0) is 16.2 Å². The zero-order chi connectivity index (χ0) is 21.2. The highest BCUT2D eigenvalue weighted by atomic mass is 32.2. The summed E-state index contributed by atoms with van der Waals surface area (Å²) >= 11 is 0. The first-order valence-corrected chi connectivity index (χ1v) is 10.1. The van der Waals surface area contributed by atoms with Crippen LogP contribution in [0.3, 0.4) is 0 Å². The first kappa shape index (κ1) is 20.8. The lowest BCUT2D eigenvalue weighted by atomic mass is 10.1. The van der Waals surface area contributed by atoms with E-state index < -0.39 is 21.9 Å². The molecular weight excluding hydrogens is 403 g/mol. The van der Waals surface area contributed by atoms with Gasteiger partial charge in [0, 0.05) is 12.1 Å². The Kier molecular flexibility index (Phi) is 5.63.